The molecule has 19 heavy (non-hydrogen) atoms. The van der Waals surface area contributed by atoms with Crippen molar-refractivity contribution in [2.24, 2.45) is 5.92 Å². The van der Waals surface area contributed by atoms with Crippen molar-refractivity contribution in [1.82, 2.24) is 10.3 Å². The number of hydrogen-bond acceptors (Lipinski definition) is 3. The molecular formula is C16H25N3. The Hall–Kier alpha value is -1.09. The largest absolute Gasteiger partial charge is 0.356 e. The zero-order valence-corrected chi connectivity index (χ0v) is 11.9. The van der Waals surface area contributed by atoms with Crippen LogP contribution in [0.1, 0.15) is 44.6 Å². The summed E-state index contributed by atoms with van der Waals surface area (Å²) in [7, 11) is 0. The number of hydrogen-bond donors (Lipinski definition) is 1. The van der Waals surface area contributed by atoms with Gasteiger partial charge in [0, 0.05) is 37.4 Å². The Morgan fingerprint density at radius 3 is 3.00 bits per heavy atom. The zero-order chi connectivity index (χ0) is 13.1. The number of aromatic nitrogens is 1. The summed E-state index contributed by atoms with van der Waals surface area (Å²) in [6.07, 6.45) is 8.58. The van der Waals surface area contributed by atoms with Crippen molar-refractivity contribution in [3.05, 3.63) is 23.9 Å². The Balaban J connectivity index is 1.70. The normalized spacial score (nSPS) is 24.3. The van der Waals surface area contributed by atoms with Gasteiger partial charge >= 0.3 is 0 Å². The molecule has 1 unspecified atom stereocenters. The maximum Gasteiger partial charge on any atom is 0.133 e. The SMILES string of the molecule is CC1CCCN(c2ncccc2CNC2CC2)CC1. The van der Waals surface area contributed by atoms with Gasteiger partial charge in [0.25, 0.3) is 0 Å². The van der Waals surface area contributed by atoms with Crippen molar-refractivity contribution in [1.29, 1.82) is 0 Å². The van der Waals surface area contributed by atoms with Crippen molar-refractivity contribution in [2.45, 2.75) is 51.6 Å². The summed E-state index contributed by atoms with van der Waals surface area (Å²) in [5.74, 6) is 2.08. The number of nitrogens with one attached hydrogen (secondary N) is 1. The minimum atomic E-state index is 0.761. The van der Waals surface area contributed by atoms with Gasteiger partial charge in [0.05, 0.1) is 0 Å². The quantitative estimate of drug-likeness (QED) is 0.901. The fourth-order valence-corrected chi connectivity index (χ4v) is 2.87. The standard InChI is InChI=1S/C16H25N3/c1-13-4-3-10-19(11-8-13)16-14(5-2-9-17-16)12-18-15-6-7-15/h2,5,9,13,15,18H,3-4,6-8,10-12H2,1H3. The molecule has 1 aromatic rings. The molecule has 0 amide bonds. The molecule has 1 atom stereocenters. The minimum absolute atomic E-state index is 0.761. The monoisotopic (exact) mass is 259 g/mol. The van der Waals surface area contributed by atoms with Gasteiger partial charge in [-0.3, -0.25) is 0 Å². The number of pyridine rings is 1. The predicted molar refractivity (Wildman–Crippen MR) is 79.3 cm³/mol. The van der Waals surface area contributed by atoms with Crippen LogP contribution in [0.2, 0.25) is 0 Å². The van der Waals surface area contributed by atoms with Gasteiger partial charge in [-0.15, -0.1) is 0 Å². The van der Waals surface area contributed by atoms with Crippen LogP contribution in [0.3, 0.4) is 0 Å². The topological polar surface area (TPSA) is 28.2 Å². The van der Waals surface area contributed by atoms with Gasteiger partial charge in [0.1, 0.15) is 5.82 Å². The lowest BCUT2D eigenvalue weighted by Crippen LogP contribution is -2.27. The molecule has 104 valence electrons. The first-order valence-corrected chi connectivity index (χ1v) is 7.75. The number of anilines is 1. The second-order valence-electron chi connectivity index (χ2n) is 6.16. The van der Waals surface area contributed by atoms with E-state index in [2.05, 4.69) is 34.3 Å². The van der Waals surface area contributed by atoms with Crippen molar-refractivity contribution in [3.8, 4) is 0 Å². The van der Waals surface area contributed by atoms with Gasteiger partial charge in [-0.25, -0.2) is 4.98 Å². The van der Waals surface area contributed by atoms with Crippen molar-refractivity contribution < 1.29 is 0 Å². The highest BCUT2D eigenvalue weighted by molar-refractivity contribution is 5.46. The van der Waals surface area contributed by atoms with Crippen LogP contribution < -0.4 is 10.2 Å². The van der Waals surface area contributed by atoms with E-state index >= 15 is 0 Å². The average Bonchev–Trinajstić information content (AvgIpc) is 3.25. The molecule has 3 nitrogen and oxygen atoms in total. The third kappa shape index (κ3) is 3.47. The van der Waals surface area contributed by atoms with Crippen LogP contribution in [0.25, 0.3) is 0 Å². The highest BCUT2D eigenvalue weighted by atomic mass is 15.2. The van der Waals surface area contributed by atoms with Crippen molar-refractivity contribution >= 4 is 5.82 Å². The summed E-state index contributed by atoms with van der Waals surface area (Å²) in [6.45, 7) is 5.67. The molecule has 1 aliphatic carbocycles. The highest BCUT2D eigenvalue weighted by Gasteiger charge is 2.22. The Morgan fingerprint density at radius 2 is 2.16 bits per heavy atom. The van der Waals surface area contributed by atoms with E-state index in [1.54, 1.807) is 0 Å². The molecule has 1 aromatic heterocycles. The third-order valence-electron chi connectivity index (χ3n) is 4.34. The third-order valence-corrected chi connectivity index (χ3v) is 4.34. The molecule has 2 aliphatic rings. The molecule has 2 heterocycles. The fraction of sp³-hybridized carbons (Fsp3) is 0.688. The maximum absolute atomic E-state index is 4.65. The summed E-state index contributed by atoms with van der Waals surface area (Å²) >= 11 is 0. The van der Waals surface area contributed by atoms with Gasteiger partial charge in [0.2, 0.25) is 0 Å². The molecule has 1 saturated heterocycles. The van der Waals surface area contributed by atoms with Gasteiger partial charge < -0.3 is 10.2 Å². The first-order chi connectivity index (χ1) is 9.33. The lowest BCUT2D eigenvalue weighted by molar-refractivity contribution is 0.521. The maximum atomic E-state index is 4.65. The molecular weight excluding hydrogens is 234 g/mol. The average molecular weight is 259 g/mol. The summed E-state index contributed by atoms with van der Waals surface area (Å²) in [5.41, 5.74) is 1.36. The van der Waals surface area contributed by atoms with E-state index in [4.69, 9.17) is 0 Å². The smallest absolute Gasteiger partial charge is 0.133 e. The molecule has 1 aliphatic heterocycles. The molecule has 0 bridgehead atoms. The van der Waals surface area contributed by atoms with Crippen LogP contribution in [0, 0.1) is 5.92 Å². The number of rotatable bonds is 4. The summed E-state index contributed by atoms with van der Waals surface area (Å²) in [5, 5.41) is 3.61. The Kier molecular flexibility index (Phi) is 4.02. The number of nitrogens with zero attached hydrogens (tertiary/aromatic N) is 2. The fourth-order valence-electron chi connectivity index (χ4n) is 2.87. The second-order valence-corrected chi connectivity index (χ2v) is 6.16. The van der Waals surface area contributed by atoms with Gasteiger partial charge in [-0.1, -0.05) is 13.0 Å². The molecule has 1 saturated carbocycles. The Morgan fingerprint density at radius 1 is 1.26 bits per heavy atom. The van der Waals surface area contributed by atoms with Crippen molar-refractivity contribution in [3.63, 3.8) is 0 Å². The Bertz CT molecular complexity index is 414. The van der Waals surface area contributed by atoms with E-state index in [-0.39, 0.29) is 0 Å². The van der Waals surface area contributed by atoms with E-state index in [1.165, 1.54) is 43.5 Å². The summed E-state index contributed by atoms with van der Waals surface area (Å²) in [4.78, 5) is 7.15. The van der Waals surface area contributed by atoms with Crippen LogP contribution in [-0.2, 0) is 6.54 Å². The molecule has 3 rings (SSSR count). The van der Waals surface area contributed by atoms with Crippen LogP contribution in [0.4, 0.5) is 5.82 Å². The molecule has 0 radical (unpaired) electrons. The lowest BCUT2D eigenvalue weighted by Gasteiger charge is -2.24. The molecule has 0 aromatic carbocycles. The van der Waals surface area contributed by atoms with Crippen LogP contribution in [0.15, 0.2) is 18.3 Å². The van der Waals surface area contributed by atoms with Crippen LogP contribution in [0.5, 0.6) is 0 Å². The van der Waals surface area contributed by atoms with Crippen LogP contribution in [-0.4, -0.2) is 24.1 Å². The first-order valence-electron chi connectivity index (χ1n) is 7.75. The summed E-state index contributed by atoms with van der Waals surface area (Å²) < 4.78 is 0. The molecule has 0 spiro atoms. The van der Waals surface area contributed by atoms with E-state index in [0.717, 1.165) is 31.6 Å². The van der Waals surface area contributed by atoms with E-state index in [9.17, 15) is 0 Å². The predicted octanol–water partition coefficient (Wildman–Crippen LogP) is 2.96. The first kappa shape index (κ1) is 12.9. The zero-order valence-electron chi connectivity index (χ0n) is 11.9. The molecule has 1 N–H and O–H groups in total. The lowest BCUT2D eigenvalue weighted by atomic mass is 10.0. The summed E-state index contributed by atoms with van der Waals surface area (Å²) in [6, 6.07) is 5.05. The Labute approximate surface area is 116 Å². The van der Waals surface area contributed by atoms with E-state index < -0.39 is 0 Å². The highest BCUT2D eigenvalue weighted by Crippen LogP contribution is 2.25. The van der Waals surface area contributed by atoms with Crippen LogP contribution >= 0.6 is 0 Å². The van der Waals surface area contributed by atoms with E-state index in [0.29, 0.717) is 0 Å². The minimum Gasteiger partial charge on any atom is -0.356 e. The van der Waals surface area contributed by atoms with Gasteiger partial charge in [0.15, 0.2) is 0 Å². The molecule has 3 heteroatoms. The second kappa shape index (κ2) is 5.91. The van der Waals surface area contributed by atoms with E-state index in [1.807, 2.05) is 6.20 Å². The van der Waals surface area contributed by atoms with Gasteiger partial charge in [-0.05, 0) is 44.1 Å². The van der Waals surface area contributed by atoms with Crippen molar-refractivity contribution in [2.75, 3.05) is 18.0 Å². The molecule has 2 fully saturated rings. The van der Waals surface area contributed by atoms with Gasteiger partial charge in [-0.2, -0.15) is 0 Å².